The fraction of sp³-hybridized carbons (Fsp3) is 0.214. The van der Waals surface area contributed by atoms with Crippen molar-refractivity contribution >= 4 is 23.5 Å². The van der Waals surface area contributed by atoms with E-state index in [-0.39, 0.29) is 11.1 Å². The van der Waals surface area contributed by atoms with E-state index in [1.165, 1.54) is 19.4 Å². The van der Waals surface area contributed by atoms with Crippen LogP contribution in [-0.4, -0.2) is 47.1 Å². The Balaban J connectivity index is 1.28. The molecule has 1 fully saturated rings. The summed E-state index contributed by atoms with van der Waals surface area (Å²) in [6.45, 7) is 5.28. The number of carbonyl (C=O) groups is 2. The molecule has 2 aromatic heterocycles. The van der Waals surface area contributed by atoms with Gasteiger partial charge in [-0.2, -0.15) is 5.10 Å². The van der Waals surface area contributed by atoms with Gasteiger partial charge in [0.1, 0.15) is 17.3 Å². The van der Waals surface area contributed by atoms with E-state index >= 15 is 0 Å². The molecule has 0 spiro atoms. The van der Waals surface area contributed by atoms with Crippen molar-refractivity contribution in [2.45, 2.75) is 19.3 Å². The van der Waals surface area contributed by atoms with Gasteiger partial charge < -0.3 is 19.5 Å². The fourth-order valence-corrected chi connectivity index (χ4v) is 3.92. The third-order valence-electron chi connectivity index (χ3n) is 6.16. The van der Waals surface area contributed by atoms with Crippen molar-refractivity contribution in [1.29, 1.82) is 0 Å². The largest absolute Gasteiger partial charge is 0.464 e. The minimum absolute atomic E-state index is 0.145. The number of nitrogens with zero attached hydrogens (tertiary/aromatic N) is 3. The van der Waals surface area contributed by atoms with E-state index in [2.05, 4.69) is 27.3 Å². The maximum atomic E-state index is 12.9. The number of ether oxygens (including phenoxy) is 3. The van der Waals surface area contributed by atoms with E-state index in [1.54, 1.807) is 35.0 Å². The number of nitrogens with one attached hydrogen (secondary N) is 2. The summed E-state index contributed by atoms with van der Waals surface area (Å²) in [6, 6.07) is 19.4. The van der Waals surface area contributed by atoms with Gasteiger partial charge in [0, 0.05) is 24.0 Å². The van der Waals surface area contributed by atoms with Gasteiger partial charge in [-0.3, -0.25) is 5.32 Å². The van der Waals surface area contributed by atoms with Crippen molar-refractivity contribution in [2.24, 2.45) is 0 Å². The molecule has 1 aliphatic rings. The summed E-state index contributed by atoms with van der Waals surface area (Å²) in [6.07, 6.45) is 1.47. The average Bonchev–Trinajstić information content (AvgIpc) is 3.32. The standard InChI is InChI=1S/C28H27N5O5/c1-18-4-8-20(9-5-18)33-25(15-24(32-33)28(2)16-37-17-28)31-27(35)30-19-6-10-21(11-7-19)38-22-12-13-29-23(14-22)26(34)36-3/h4-15H,16-17H2,1-3H3,(H2,30,31,35). The van der Waals surface area contributed by atoms with Crippen molar-refractivity contribution in [1.82, 2.24) is 14.8 Å². The molecule has 1 aliphatic heterocycles. The van der Waals surface area contributed by atoms with Gasteiger partial charge in [-0.25, -0.2) is 19.3 Å². The molecule has 0 radical (unpaired) electrons. The van der Waals surface area contributed by atoms with Crippen LogP contribution in [0.2, 0.25) is 0 Å². The number of anilines is 2. The number of amides is 2. The molecule has 1 saturated heterocycles. The number of esters is 1. The van der Waals surface area contributed by atoms with Crippen LogP contribution in [0.5, 0.6) is 11.5 Å². The molecule has 2 N–H and O–H groups in total. The SMILES string of the molecule is COC(=O)c1cc(Oc2ccc(NC(=O)Nc3cc(C4(C)COC4)nn3-c3ccc(C)cc3)cc2)ccn1. The van der Waals surface area contributed by atoms with Gasteiger partial charge in [-0.05, 0) is 56.3 Å². The number of rotatable bonds is 7. The van der Waals surface area contributed by atoms with E-state index < -0.39 is 12.0 Å². The molecule has 5 rings (SSSR count). The lowest BCUT2D eigenvalue weighted by atomic mass is 9.85. The molecule has 0 bridgehead atoms. The van der Waals surface area contributed by atoms with Crippen LogP contribution in [0.15, 0.2) is 72.9 Å². The van der Waals surface area contributed by atoms with Crippen LogP contribution in [0, 0.1) is 6.92 Å². The molecule has 0 unspecified atom stereocenters. The first-order valence-corrected chi connectivity index (χ1v) is 12.0. The summed E-state index contributed by atoms with van der Waals surface area (Å²) >= 11 is 0. The van der Waals surface area contributed by atoms with Gasteiger partial charge in [0.25, 0.3) is 0 Å². The number of hydrogen-bond acceptors (Lipinski definition) is 7. The monoisotopic (exact) mass is 513 g/mol. The molecular formula is C28H27N5O5. The van der Waals surface area contributed by atoms with Crippen LogP contribution in [0.3, 0.4) is 0 Å². The molecule has 4 aromatic rings. The van der Waals surface area contributed by atoms with Crippen LogP contribution in [0.25, 0.3) is 5.69 Å². The third-order valence-corrected chi connectivity index (χ3v) is 6.16. The Morgan fingerprint density at radius 2 is 1.71 bits per heavy atom. The van der Waals surface area contributed by atoms with Crippen LogP contribution in [0.4, 0.5) is 16.3 Å². The number of aryl methyl sites for hydroxylation is 1. The lowest BCUT2D eigenvalue weighted by Crippen LogP contribution is -2.44. The normalized spacial score (nSPS) is 13.8. The Kier molecular flexibility index (Phi) is 6.80. The highest BCUT2D eigenvalue weighted by molar-refractivity contribution is 5.99. The van der Waals surface area contributed by atoms with E-state index in [1.807, 2.05) is 37.3 Å². The summed E-state index contributed by atoms with van der Waals surface area (Å²) < 4.78 is 17.6. The van der Waals surface area contributed by atoms with E-state index in [0.29, 0.717) is 36.2 Å². The van der Waals surface area contributed by atoms with Crippen LogP contribution in [0.1, 0.15) is 28.7 Å². The van der Waals surface area contributed by atoms with Gasteiger partial charge in [0.15, 0.2) is 5.69 Å². The number of urea groups is 1. The Morgan fingerprint density at radius 3 is 2.37 bits per heavy atom. The molecule has 0 aliphatic carbocycles. The summed E-state index contributed by atoms with van der Waals surface area (Å²) in [7, 11) is 1.29. The van der Waals surface area contributed by atoms with Crippen molar-refractivity contribution < 1.29 is 23.8 Å². The highest BCUT2D eigenvalue weighted by atomic mass is 16.5. The summed E-state index contributed by atoms with van der Waals surface area (Å²) in [5.41, 5.74) is 3.35. The smallest absolute Gasteiger partial charge is 0.356 e. The van der Waals surface area contributed by atoms with E-state index in [0.717, 1.165) is 16.9 Å². The number of pyridine rings is 1. The zero-order valence-electron chi connectivity index (χ0n) is 21.2. The summed E-state index contributed by atoms with van der Waals surface area (Å²) in [5, 5.41) is 10.5. The molecule has 3 heterocycles. The molecule has 10 heteroatoms. The highest BCUT2D eigenvalue weighted by Crippen LogP contribution is 2.33. The summed E-state index contributed by atoms with van der Waals surface area (Å²) in [5.74, 6) is 0.959. The van der Waals surface area contributed by atoms with Crippen LogP contribution >= 0.6 is 0 Å². The van der Waals surface area contributed by atoms with Gasteiger partial charge in [-0.15, -0.1) is 0 Å². The number of carbonyl (C=O) groups excluding carboxylic acids is 2. The Hall–Kier alpha value is -4.70. The Morgan fingerprint density at radius 1 is 0.974 bits per heavy atom. The fourth-order valence-electron chi connectivity index (χ4n) is 3.92. The number of aromatic nitrogens is 3. The van der Waals surface area contributed by atoms with Gasteiger partial charge in [0.2, 0.25) is 0 Å². The average molecular weight is 514 g/mol. The van der Waals surface area contributed by atoms with Gasteiger partial charge in [-0.1, -0.05) is 17.7 Å². The van der Waals surface area contributed by atoms with Crippen molar-refractivity contribution in [3.63, 3.8) is 0 Å². The predicted octanol–water partition coefficient (Wildman–Crippen LogP) is 5.09. The topological polar surface area (TPSA) is 117 Å². The van der Waals surface area contributed by atoms with Crippen LogP contribution < -0.4 is 15.4 Å². The maximum absolute atomic E-state index is 12.9. The Labute approximate surface area is 219 Å². The third kappa shape index (κ3) is 5.35. The first-order chi connectivity index (χ1) is 18.3. The van der Waals surface area contributed by atoms with Crippen molar-refractivity contribution in [2.75, 3.05) is 31.0 Å². The lowest BCUT2D eigenvalue weighted by Gasteiger charge is -2.36. The quantitative estimate of drug-likeness (QED) is 0.331. The lowest BCUT2D eigenvalue weighted by molar-refractivity contribution is -0.0522. The zero-order valence-corrected chi connectivity index (χ0v) is 21.2. The van der Waals surface area contributed by atoms with E-state index in [9.17, 15) is 9.59 Å². The zero-order chi connectivity index (χ0) is 26.7. The second-order valence-corrected chi connectivity index (χ2v) is 9.29. The van der Waals surface area contributed by atoms with E-state index in [4.69, 9.17) is 14.6 Å². The minimum atomic E-state index is -0.549. The number of methoxy groups -OCH3 is 1. The second-order valence-electron chi connectivity index (χ2n) is 9.29. The molecule has 10 nitrogen and oxygen atoms in total. The number of hydrogen-bond donors (Lipinski definition) is 2. The maximum Gasteiger partial charge on any atom is 0.356 e. The van der Waals surface area contributed by atoms with Crippen molar-refractivity contribution in [3.8, 4) is 17.2 Å². The number of benzene rings is 2. The second kappa shape index (κ2) is 10.3. The highest BCUT2D eigenvalue weighted by Gasteiger charge is 2.38. The Bertz CT molecular complexity index is 1460. The summed E-state index contributed by atoms with van der Waals surface area (Å²) in [4.78, 5) is 28.5. The molecule has 0 atom stereocenters. The molecule has 2 aromatic carbocycles. The van der Waals surface area contributed by atoms with Crippen LogP contribution in [-0.2, 0) is 14.9 Å². The molecule has 0 saturated carbocycles. The van der Waals surface area contributed by atoms with Gasteiger partial charge in [0.05, 0.1) is 37.1 Å². The van der Waals surface area contributed by atoms with Gasteiger partial charge >= 0.3 is 12.0 Å². The molecular weight excluding hydrogens is 486 g/mol. The minimum Gasteiger partial charge on any atom is -0.464 e. The first kappa shape index (κ1) is 25.0. The molecule has 194 valence electrons. The molecule has 2 amide bonds. The van der Waals surface area contributed by atoms with Crippen molar-refractivity contribution in [3.05, 3.63) is 89.9 Å². The first-order valence-electron chi connectivity index (χ1n) is 12.0. The predicted molar refractivity (Wildman–Crippen MR) is 141 cm³/mol. The molecule has 38 heavy (non-hydrogen) atoms.